The van der Waals surface area contributed by atoms with Crippen LogP contribution in [0.3, 0.4) is 0 Å². The van der Waals surface area contributed by atoms with Crippen LogP contribution in [0.15, 0.2) is 0 Å². The highest BCUT2D eigenvalue weighted by atomic mass is 16.1. The van der Waals surface area contributed by atoms with E-state index in [0.717, 1.165) is 32.0 Å². The summed E-state index contributed by atoms with van der Waals surface area (Å²) >= 11 is 0. The van der Waals surface area contributed by atoms with Gasteiger partial charge in [-0.25, -0.2) is 0 Å². The van der Waals surface area contributed by atoms with E-state index >= 15 is 0 Å². The number of carbonyl (C=O) groups excluding carboxylic acids is 1. The lowest BCUT2D eigenvalue weighted by atomic mass is 9.96. The molecule has 0 radical (unpaired) electrons. The normalized spacial score (nSPS) is 31.8. The molecule has 16 heavy (non-hydrogen) atoms. The topological polar surface area (TPSA) is 58.4 Å². The average molecular weight is 225 g/mol. The zero-order valence-corrected chi connectivity index (χ0v) is 9.95. The number of nitrogens with two attached hydrogens (primary N) is 1. The van der Waals surface area contributed by atoms with Gasteiger partial charge in [0, 0.05) is 6.54 Å². The quantitative estimate of drug-likeness (QED) is 0.718. The second kappa shape index (κ2) is 5.64. The van der Waals surface area contributed by atoms with Crippen LogP contribution in [0.4, 0.5) is 0 Å². The van der Waals surface area contributed by atoms with Crippen molar-refractivity contribution >= 4 is 5.91 Å². The molecule has 2 rings (SSSR count). The molecule has 0 aromatic rings. The van der Waals surface area contributed by atoms with Crippen molar-refractivity contribution in [1.29, 1.82) is 0 Å². The molecular formula is C12H23N3O. The van der Waals surface area contributed by atoms with Crippen LogP contribution in [-0.2, 0) is 4.79 Å². The fourth-order valence-corrected chi connectivity index (χ4v) is 2.80. The first-order chi connectivity index (χ1) is 7.75. The fourth-order valence-electron chi connectivity index (χ4n) is 2.80. The Balaban J connectivity index is 1.65. The molecule has 4 nitrogen and oxygen atoms in total. The highest BCUT2D eigenvalue weighted by Gasteiger charge is 2.26. The van der Waals surface area contributed by atoms with Crippen LogP contribution in [0, 0.1) is 11.8 Å². The number of amides is 1. The van der Waals surface area contributed by atoms with Crippen LogP contribution in [0.1, 0.15) is 25.7 Å². The Morgan fingerprint density at radius 1 is 1.44 bits per heavy atom. The zero-order chi connectivity index (χ0) is 11.4. The molecular weight excluding hydrogens is 202 g/mol. The van der Waals surface area contributed by atoms with E-state index in [1.165, 1.54) is 32.4 Å². The molecule has 0 aromatic heterocycles. The maximum absolute atomic E-state index is 11.0. The smallest absolute Gasteiger partial charge is 0.221 e. The minimum atomic E-state index is -0.123. The summed E-state index contributed by atoms with van der Waals surface area (Å²) in [6.45, 7) is 5.43. The van der Waals surface area contributed by atoms with E-state index in [9.17, 15) is 4.79 Å². The molecule has 2 aliphatic rings. The Bertz CT molecular complexity index is 238. The number of nitrogens with one attached hydrogen (secondary N) is 1. The minimum Gasteiger partial charge on any atom is -0.369 e. The molecule has 2 atom stereocenters. The van der Waals surface area contributed by atoms with Gasteiger partial charge in [-0.1, -0.05) is 0 Å². The first-order valence-electron chi connectivity index (χ1n) is 6.48. The molecule has 3 N–H and O–H groups in total. The van der Waals surface area contributed by atoms with E-state index in [1.807, 2.05) is 0 Å². The number of nitrogens with zero attached hydrogens (tertiary/aromatic N) is 1. The molecule has 2 heterocycles. The highest BCUT2D eigenvalue weighted by Crippen LogP contribution is 2.19. The Labute approximate surface area is 97.6 Å². The van der Waals surface area contributed by atoms with Gasteiger partial charge in [-0.3, -0.25) is 4.79 Å². The van der Waals surface area contributed by atoms with Crippen molar-refractivity contribution in [2.24, 2.45) is 17.6 Å². The lowest BCUT2D eigenvalue weighted by molar-refractivity contribution is -0.121. The number of primary amides is 1. The Hall–Kier alpha value is -0.610. The van der Waals surface area contributed by atoms with Gasteiger partial charge < -0.3 is 16.0 Å². The summed E-state index contributed by atoms with van der Waals surface area (Å²) < 4.78 is 0. The first kappa shape index (κ1) is 11.9. The standard InChI is InChI=1S/C12H23N3O/c13-12(16)11-4-7-15(9-11)6-3-10-2-1-5-14-8-10/h10-11,14H,1-9H2,(H2,13,16). The lowest BCUT2D eigenvalue weighted by Gasteiger charge is -2.25. The maximum atomic E-state index is 11.0. The van der Waals surface area contributed by atoms with Crippen molar-refractivity contribution in [2.75, 3.05) is 32.7 Å². The van der Waals surface area contributed by atoms with Gasteiger partial charge in [0.05, 0.1) is 5.92 Å². The molecule has 0 aliphatic carbocycles. The summed E-state index contributed by atoms with van der Waals surface area (Å²) in [6.07, 6.45) is 4.89. The van der Waals surface area contributed by atoms with E-state index in [1.54, 1.807) is 0 Å². The predicted octanol–water partition coefficient (Wildman–Crippen LogP) is 0.183. The van der Waals surface area contributed by atoms with Crippen LogP contribution in [-0.4, -0.2) is 43.5 Å². The Morgan fingerprint density at radius 2 is 2.31 bits per heavy atom. The summed E-state index contributed by atoms with van der Waals surface area (Å²) in [5.41, 5.74) is 5.32. The molecule has 2 aliphatic heterocycles. The summed E-state index contributed by atoms with van der Waals surface area (Å²) in [7, 11) is 0. The molecule has 0 bridgehead atoms. The van der Waals surface area contributed by atoms with Crippen molar-refractivity contribution in [3.63, 3.8) is 0 Å². The number of piperidine rings is 1. The van der Waals surface area contributed by atoms with Gasteiger partial charge in [0.2, 0.25) is 5.91 Å². The van der Waals surface area contributed by atoms with Crippen LogP contribution >= 0.6 is 0 Å². The summed E-state index contributed by atoms with van der Waals surface area (Å²) in [6, 6.07) is 0. The third kappa shape index (κ3) is 3.19. The van der Waals surface area contributed by atoms with E-state index in [2.05, 4.69) is 10.2 Å². The highest BCUT2D eigenvalue weighted by molar-refractivity contribution is 5.77. The number of rotatable bonds is 4. The first-order valence-corrected chi connectivity index (χ1v) is 6.48. The molecule has 4 heteroatoms. The predicted molar refractivity (Wildman–Crippen MR) is 64.0 cm³/mol. The summed E-state index contributed by atoms with van der Waals surface area (Å²) in [4.78, 5) is 13.4. The fraction of sp³-hybridized carbons (Fsp3) is 0.917. The summed E-state index contributed by atoms with van der Waals surface area (Å²) in [5.74, 6) is 0.813. The molecule has 2 unspecified atom stereocenters. The van der Waals surface area contributed by atoms with Crippen LogP contribution in [0.5, 0.6) is 0 Å². The monoisotopic (exact) mass is 225 g/mol. The summed E-state index contributed by atoms with van der Waals surface area (Å²) in [5, 5.41) is 3.44. The zero-order valence-electron chi connectivity index (χ0n) is 9.95. The van der Waals surface area contributed by atoms with E-state index < -0.39 is 0 Å². The second-order valence-corrected chi connectivity index (χ2v) is 5.19. The van der Waals surface area contributed by atoms with Crippen molar-refractivity contribution in [2.45, 2.75) is 25.7 Å². The van der Waals surface area contributed by atoms with Crippen LogP contribution in [0.25, 0.3) is 0 Å². The van der Waals surface area contributed by atoms with Gasteiger partial charge in [-0.15, -0.1) is 0 Å². The Morgan fingerprint density at radius 3 is 2.94 bits per heavy atom. The van der Waals surface area contributed by atoms with Gasteiger partial charge in [0.1, 0.15) is 0 Å². The SMILES string of the molecule is NC(=O)C1CCN(CCC2CCCNC2)C1. The largest absolute Gasteiger partial charge is 0.369 e. The molecule has 2 fully saturated rings. The molecule has 0 saturated carbocycles. The van der Waals surface area contributed by atoms with E-state index in [0.29, 0.717) is 0 Å². The molecule has 0 aromatic carbocycles. The van der Waals surface area contributed by atoms with E-state index in [-0.39, 0.29) is 11.8 Å². The number of likely N-dealkylation sites (tertiary alicyclic amines) is 1. The molecule has 2 saturated heterocycles. The van der Waals surface area contributed by atoms with E-state index in [4.69, 9.17) is 5.73 Å². The van der Waals surface area contributed by atoms with Crippen molar-refractivity contribution in [3.8, 4) is 0 Å². The Kier molecular flexibility index (Phi) is 4.18. The van der Waals surface area contributed by atoms with Crippen molar-refractivity contribution < 1.29 is 4.79 Å². The second-order valence-electron chi connectivity index (χ2n) is 5.19. The van der Waals surface area contributed by atoms with Gasteiger partial charge in [-0.05, 0) is 57.8 Å². The van der Waals surface area contributed by atoms with Crippen molar-refractivity contribution in [3.05, 3.63) is 0 Å². The minimum absolute atomic E-state index is 0.101. The number of hydrogen-bond donors (Lipinski definition) is 2. The van der Waals surface area contributed by atoms with Crippen LogP contribution in [0.2, 0.25) is 0 Å². The molecule has 92 valence electrons. The van der Waals surface area contributed by atoms with Gasteiger partial charge in [0.15, 0.2) is 0 Å². The number of carbonyl (C=O) groups is 1. The maximum Gasteiger partial charge on any atom is 0.221 e. The van der Waals surface area contributed by atoms with Gasteiger partial charge in [-0.2, -0.15) is 0 Å². The average Bonchev–Trinajstić information content (AvgIpc) is 2.76. The molecule has 0 spiro atoms. The van der Waals surface area contributed by atoms with Crippen LogP contribution < -0.4 is 11.1 Å². The van der Waals surface area contributed by atoms with Crippen molar-refractivity contribution in [1.82, 2.24) is 10.2 Å². The lowest BCUT2D eigenvalue weighted by Crippen LogP contribution is -2.33. The van der Waals surface area contributed by atoms with Gasteiger partial charge >= 0.3 is 0 Å². The number of hydrogen-bond acceptors (Lipinski definition) is 3. The third-order valence-corrected chi connectivity index (χ3v) is 3.93. The molecule has 1 amide bonds. The van der Waals surface area contributed by atoms with Gasteiger partial charge in [0.25, 0.3) is 0 Å². The third-order valence-electron chi connectivity index (χ3n) is 3.93.